The first-order chi connectivity index (χ1) is 13.3. The third-order valence-electron chi connectivity index (χ3n) is 5.90. The van der Waals surface area contributed by atoms with Crippen LogP contribution in [-0.4, -0.2) is 55.0 Å². The number of nitrogens with one attached hydrogen (secondary N) is 1. The quantitative estimate of drug-likeness (QED) is 0.819. The van der Waals surface area contributed by atoms with E-state index >= 15 is 0 Å². The fourth-order valence-corrected chi connectivity index (χ4v) is 4.25. The van der Waals surface area contributed by atoms with Gasteiger partial charge in [-0.1, -0.05) is 48.5 Å². The topological polar surface area (TPSA) is 35.6 Å². The van der Waals surface area contributed by atoms with Crippen molar-refractivity contribution in [3.05, 3.63) is 65.7 Å². The van der Waals surface area contributed by atoms with Crippen LogP contribution in [0.3, 0.4) is 0 Å². The summed E-state index contributed by atoms with van der Waals surface area (Å²) in [5.41, 5.74) is 3.60. The van der Waals surface area contributed by atoms with Crippen molar-refractivity contribution in [2.75, 3.05) is 44.6 Å². The van der Waals surface area contributed by atoms with Crippen molar-refractivity contribution in [1.29, 1.82) is 0 Å². The summed E-state index contributed by atoms with van der Waals surface area (Å²) >= 11 is 0. The zero-order chi connectivity index (χ0) is 18.5. The van der Waals surface area contributed by atoms with Gasteiger partial charge in [0.25, 0.3) is 0 Å². The Kier molecular flexibility index (Phi) is 5.85. The van der Waals surface area contributed by atoms with Gasteiger partial charge in [-0.15, -0.1) is 0 Å². The number of para-hydroxylation sites is 1. The smallest absolute Gasteiger partial charge is 0.232 e. The summed E-state index contributed by atoms with van der Waals surface area (Å²) in [4.78, 5) is 17.3. The SMILES string of the molecule is O=C1Nc2ccccc2C1CCCN1CCN(CCc2ccccc2)CC1. The molecule has 1 saturated heterocycles. The first kappa shape index (κ1) is 18.2. The van der Waals surface area contributed by atoms with Crippen LogP contribution in [0.4, 0.5) is 5.69 Å². The summed E-state index contributed by atoms with van der Waals surface area (Å²) < 4.78 is 0. The number of fused-ring (bicyclic) bond motifs is 1. The molecule has 0 spiro atoms. The molecule has 2 heterocycles. The van der Waals surface area contributed by atoms with Crippen molar-refractivity contribution in [3.63, 3.8) is 0 Å². The molecule has 2 aliphatic heterocycles. The van der Waals surface area contributed by atoms with E-state index in [1.807, 2.05) is 18.2 Å². The number of piperazine rings is 1. The van der Waals surface area contributed by atoms with Crippen molar-refractivity contribution >= 4 is 11.6 Å². The standard InChI is InChI=1S/C23H29N3O/c27-23-21(20-9-4-5-11-22(20)24-23)10-6-13-25-15-17-26(18-16-25)14-12-19-7-2-1-3-8-19/h1-5,7-9,11,21H,6,10,12-18H2,(H,24,27). The lowest BCUT2D eigenvalue weighted by Gasteiger charge is -2.34. The number of carbonyl (C=O) groups is 1. The zero-order valence-corrected chi connectivity index (χ0v) is 15.9. The third kappa shape index (κ3) is 4.57. The normalized spacial score (nSPS) is 20.4. The van der Waals surface area contributed by atoms with Crippen LogP contribution in [0, 0.1) is 0 Å². The molecular weight excluding hydrogens is 334 g/mol. The summed E-state index contributed by atoms with van der Waals surface area (Å²) in [5.74, 6) is 0.204. The maximum Gasteiger partial charge on any atom is 0.232 e. The molecule has 2 aromatic carbocycles. The minimum absolute atomic E-state index is 0.0355. The van der Waals surface area contributed by atoms with E-state index in [2.05, 4.69) is 51.5 Å². The van der Waals surface area contributed by atoms with E-state index < -0.39 is 0 Å². The molecular formula is C23H29N3O. The van der Waals surface area contributed by atoms with Gasteiger partial charge in [-0.25, -0.2) is 0 Å². The van der Waals surface area contributed by atoms with E-state index in [0.29, 0.717) is 0 Å². The number of amides is 1. The Morgan fingerprint density at radius 3 is 2.30 bits per heavy atom. The van der Waals surface area contributed by atoms with Crippen LogP contribution >= 0.6 is 0 Å². The van der Waals surface area contributed by atoms with Crippen LogP contribution in [0.25, 0.3) is 0 Å². The number of anilines is 1. The number of carbonyl (C=O) groups excluding carboxylic acids is 1. The lowest BCUT2D eigenvalue weighted by atomic mass is 9.95. The third-order valence-corrected chi connectivity index (χ3v) is 5.90. The summed E-state index contributed by atoms with van der Waals surface area (Å²) in [5, 5.41) is 3.01. The molecule has 4 rings (SSSR count). The highest BCUT2D eigenvalue weighted by atomic mass is 16.2. The van der Waals surface area contributed by atoms with Gasteiger partial charge in [-0.05, 0) is 43.0 Å². The van der Waals surface area contributed by atoms with Crippen LogP contribution in [0.1, 0.15) is 29.9 Å². The van der Waals surface area contributed by atoms with Crippen LogP contribution in [-0.2, 0) is 11.2 Å². The maximum absolute atomic E-state index is 12.2. The average molecular weight is 364 g/mol. The molecule has 0 aliphatic carbocycles. The Hall–Kier alpha value is -2.17. The minimum atomic E-state index is 0.0355. The first-order valence-electron chi connectivity index (χ1n) is 10.2. The van der Waals surface area contributed by atoms with Crippen LogP contribution in [0.5, 0.6) is 0 Å². The minimum Gasteiger partial charge on any atom is -0.325 e. The fraction of sp³-hybridized carbons (Fsp3) is 0.435. The summed E-state index contributed by atoms with van der Waals surface area (Å²) in [6, 6.07) is 18.9. The van der Waals surface area contributed by atoms with E-state index in [9.17, 15) is 4.79 Å². The van der Waals surface area contributed by atoms with Gasteiger partial charge >= 0.3 is 0 Å². The summed E-state index contributed by atoms with van der Waals surface area (Å²) in [7, 11) is 0. The van der Waals surface area contributed by atoms with Gasteiger partial charge in [0, 0.05) is 38.4 Å². The number of rotatable bonds is 7. The molecule has 2 aromatic rings. The average Bonchev–Trinajstić information content (AvgIpc) is 3.03. The Bertz CT molecular complexity index is 753. The van der Waals surface area contributed by atoms with Gasteiger partial charge in [-0.2, -0.15) is 0 Å². The van der Waals surface area contributed by atoms with E-state index in [-0.39, 0.29) is 11.8 Å². The molecule has 1 unspecified atom stereocenters. The van der Waals surface area contributed by atoms with Gasteiger partial charge in [0.1, 0.15) is 0 Å². The van der Waals surface area contributed by atoms with E-state index in [1.165, 1.54) is 11.1 Å². The molecule has 4 heteroatoms. The molecule has 2 aliphatic rings. The van der Waals surface area contributed by atoms with Crippen LogP contribution in [0.15, 0.2) is 54.6 Å². The zero-order valence-electron chi connectivity index (χ0n) is 15.9. The van der Waals surface area contributed by atoms with Gasteiger partial charge in [0.2, 0.25) is 5.91 Å². The van der Waals surface area contributed by atoms with Crippen molar-refractivity contribution in [3.8, 4) is 0 Å². The predicted molar refractivity (Wildman–Crippen MR) is 110 cm³/mol. The molecule has 1 atom stereocenters. The number of hydrogen-bond donors (Lipinski definition) is 1. The lowest BCUT2D eigenvalue weighted by molar-refractivity contribution is -0.117. The Morgan fingerprint density at radius 2 is 1.52 bits per heavy atom. The van der Waals surface area contributed by atoms with Crippen molar-refractivity contribution in [2.45, 2.75) is 25.2 Å². The second-order valence-electron chi connectivity index (χ2n) is 7.69. The van der Waals surface area contributed by atoms with E-state index in [4.69, 9.17) is 0 Å². The molecule has 0 saturated carbocycles. The second kappa shape index (κ2) is 8.68. The molecule has 4 nitrogen and oxygen atoms in total. The second-order valence-corrected chi connectivity index (χ2v) is 7.69. The van der Waals surface area contributed by atoms with Crippen molar-refractivity contribution < 1.29 is 4.79 Å². The van der Waals surface area contributed by atoms with Crippen LogP contribution in [0.2, 0.25) is 0 Å². The predicted octanol–water partition coefficient (Wildman–Crippen LogP) is 3.36. The molecule has 0 aromatic heterocycles. The number of benzene rings is 2. The monoisotopic (exact) mass is 363 g/mol. The van der Waals surface area contributed by atoms with Crippen molar-refractivity contribution in [2.24, 2.45) is 0 Å². The van der Waals surface area contributed by atoms with Crippen LogP contribution < -0.4 is 5.32 Å². The molecule has 142 valence electrons. The van der Waals surface area contributed by atoms with Gasteiger partial charge in [0.15, 0.2) is 0 Å². The van der Waals surface area contributed by atoms with Crippen molar-refractivity contribution in [1.82, 2.24) is 9.80 Å². The summed E-state index contributed by atoms with van der Waals surface area (Å²) in [6.45, 7) is 6.83. The summed E-state index contributed by atoms with van der Waals surface area (Å²) in [6.07, 6.45) is 3.16. The highest BCUT2D eigenvalue weighted by molar-refractivity contribution is 6.02. The Morgan fingerprint density at radius 1 is 0.852 bits per heavy atom. The molecule has 0 radical (unpaired) electrons. The van der Waals surface area contributed by atoms with Gasteiger partial charge in [-0.3, -0.25) is 4.79 Å². The fourth-order valence-electron chi connectivity index (χ4n) is 4.25. The maximum atomic E-state index is 12.2. The molecule has 27 heavy (non-hydrogen) atoms. The largest absolute Gasteiger partial charge is 0.325 e. The van der Waals surface area contributed by atoms with Gasteiger partial charge < -0.3 is 15.1 Å². The molecule has 1 fully saturated rings. The number of nitrogens with zero attached hydrogens (tertiary/aromatic N) is 2. The Labute approximate surface area is 162 Å². The molecule has 1 N–H and O–H groups in total. The highest BCUT2D eigenvalue weighted by Gasteiger charge is 2.29. The lowest BCUT2D eigenvalue weighted by Crippen LogP contribution is -2.47. The highest BCUT2D eigenvalue weighted by Crippen LogP contribution is 2.35. The number of hydrogen-bond acceptors (Lipinski definition) is 3. The van der Waals surface area contributed by atoms with E-state index in [1.54, 1.807) is 0 Å². The van der Waals surface area contributed by atoms with E-state index in [0.717, 1.165) is 64.2 Å². The molecule has 0 bridgehead atoms. The first-order valence-corrected chi connectivity index (χ1v) is 10.2. The van der Waals surface area contributed by atoms with Gasteiger partial charge in [0.05, 0.1) is 5.92 Å². The Balaban J connectivity index is 1.17. The molecule has 1 amide bonds.